The van der Waals surface area contributed by atoms with Crippen LogP contribution in [0.15, 0.2) is 48.8 Å². The van der Waals surface area contributed by atoms with Crippen LogP contribution < -0.4 is 15.8 Å². The quantitative estimate of drug-likeness (QED) is 0.834. The van der Waals surface area contributed by atoms with Gasteiger partial charge in [-0.05, 0) is 24.7 Å². The lowest BCUT2D eigenvalue weighted by Crippen LogP contribution is -2.27. The van der Waals surface area contributed by atoms with E-state index < -0.39 is 0 Å². The maximum absolute atomic E-state index is 5.99. The molecule has 0 bridgehead atoms. The number of pyridine rings is 1. The van der Waals surface area contributed by atoms with Crippen molar-refractivity contribution >= 4 is 5.69 Å². The second-order valence-electron chi connectivity index (χ2n) is 4.24. The minimum atomic E-state index is 0.0407. The van der Waals surface area contributed by atoms with Gasteiger partial charge in [0, 0.05) is 23.6 Å². The van der Waals surface area contributed by atoms with E-state index in [-0.39, 0.29) is 6.04 Å². The van der Waals surface area contributed by atoms with Crippen molar-refractivity contribution in [1.82, 2.24) is 10.3 Å². The molecule has 1 aromatic heterocycles. The average molecular weight is 257 g/mol. The number of ether oxygens (including phenoxy) is 1. The molecule has 1 atom stereocenters. The maximum atomic E-state index is 5.99. The van der Waals surface area contributed by atoms with Crippen LogP contribution in [0.3, 0.4) is 0 Å². The average Bonchev–Trinajstić information content (AvgIpc) is 2.45. The number of hydrogen-bond donors (Lipinski definition) is 2. The van der Waals surface area contributed by atoms with E-state index in [2.05, 4.69) is 17.2 Å². The van der Waals surface area contributed by atoms with Crippen LogP contribution in [0.1, 0.15) is 18.5 Å². The van der Waals surface area contributed by atoms with Gasteiger partial charge in [-0.15, -0.1) is 0 Å². The van der Waals surface area contributed by atoms with Crippen molar-refractivity contribution in [3.63, 3.8) is 0 Å². The lowest BCUT2D eigenvalue weighted by molar-refractivity contribution is 0.268. The van der Waals surface area contributed by atoms with Crippen molar-refractivity contribution in [1.29, 1.82) is 0 Å². The Morgan fingerprint density at radius 1 is 1.26 bits per heavy atom. The van der Waals surface area contributed by atoms with Gasteiger partial charge in [0.15, 0.2) is 0 Å². The molecule has 0 aliphatic rings. The van der Waals surface area contributed by atoms with Crippen molar-refractivity contribution in [2.24, 2.45) is 0 Å². The summed E-state index contributed by atoms with van der Waals surface area (Å²) in [5.41, 5.74) is 7.69. The highest BCUT2D eigenvalue weighted by atomic mass is 16.5. The van der Waals surface area contributed by atoms with Crippen molar-refractivity contribution in [2.45, 2.75) is 13.0 Å². The monoisotopic (exact) mass is 257 g/mol. The molecule has 100 valence electrons. The number of nitrogens with zero attached hydrogens (tertiary/aromatic N) is 1. The first-order chi connectivity index (χ1) is 9.31. The number of para-hydroxylation sites is 1. The molecule has 0 fully saturated rings. The first-order valence-corrected chi connectivity index (χ1v) is 6.42. The van der Waals surface area contributed by atoms with E-state index in [9.17, 15) is 0 Å². The number of likely N-dealkylation sites (N-methyl/N-ethyl adjacent to an activating group) is 1. The minimum absolute atomic E-state index is 0.0407. The van der Waals surface area contributed by atoms with Gasteiger partial charge in [0.2, 0.25) is 0 Å². The molecule has 0 amide bonds. The molecule has 1 heterocycles. The summed E-state index contributed by atoms with van der Waals surface area (Å²) in [6.45, 7) is 3.42. The van der Waals surface area contributed by atoms with Gasteiger partial charge in [0.1, 0.15) is 12.4 Å². The van der Waals surface area contributed by atoms with Gasteiger partial charge in [-0.25, -0.2) is 0 Å². The van der Waals surface area contributed by atoms with Gasteiger partial charge in [-0.3, -0.25) is 4.98 Å². The largest absolute Gasteiger partial charge is 0.492 e. The van der Waals surface area contributed by atoms with Gasteiger partial charge in [0.05, 0.1) is 6.04 Å². The van der Waals surface area contributed by atoms with Gasteiger partial charge in [0.25, 0.3) is 0 Å². The number of nitrogens with one attached hydrogen (secondary N) is 1. The molecule has 4 heteroatoms. The van der Waals surface area contributed by atoms with Crippen LogP contribution in [0, 0.1) is 0 Å². The van der Waals surface area contributed by atoms with Crippen molar-refractivity contribution in [2.75, 3.05) is 18.9 Å². The summed E-state index contributed by atoms with van der Waals surface area (Å²) in [6.07, 6.45) is 3.48. The third kappa shape index (κ3) is 3.69. The Balaban J connectivity index is 2.07. The maximum Gasteiger partial charge on any atom is 0.119 e. The van der Waals surface area contributed by atoms with Crippen molar-refractivity contribution in [3.05, 3.63) is 54.4 Å². The van der Waals surface area contributed by atoms with Crippen LogP contribution in [0.2, 0.25) is 0 Å². The molecule has 4 nitrogen and oxygen atoms in total. The van der Waals surface area contributed by atoms with Crippen molar-refractivity contribution < 1.29 is 4.74 Å². The molecule has 0 saturated heterocycles. The predicted molar refractivity (Wildman–Crippen MR) is 77.0 cm³/mol. The number of nitrogen functional groups attached to an aromatic ring is 1. The summed E-state index contributed by atoms with van der Waals surface area (Å²) in [5, 5.41) is 3.36. The summed E-state index contributed by atoms with van der Waals surface area (Å²) >= 11 is 0. The molecule has 0 saturated carbocycles. The number of hydrogen-bond acceptors (Lipinski definition) is 4. The van der Waals surface area contributed by atoms with E-state index in [4.69, 9.17) is 10.5 Å². The van der Waals surface area contributed by atoms with E-state index in [1.54, 1.807) is 12.4 Å². The highest BCUT2D eigenvalue weighted by Gasteiger charge is 2.14. The van der Waals surface area contributed by atoms with E-state index in [0.29, 0.717) is 6.61 Å². The van der Waals surface area contributed by atoms with E-state index >= 15 is 0 Å². The highest BCUT2D eigenvalue weighted by molar-refractivity contribution is 5.46. The molecular weight excluding hydrogens is 238 g/mol. The van der Waals surface area contributed by atoms with Crippen LogP contribution in [-0.4, -0.2) is 18.1 Å². The highest BCUT2D eigenvalue weighted by Crippen LogP contribution is 2.20. The number of anilines is 1. The molecule has 1 aromatic carbocycles. The first kappa shape index (κ1) is 13.4. The van der Waals surface area contributed by atoms with E-state index in [1.807, 2.05) is 36.4 Å². The Hall–Kier alpha value is -2.07. The lowest BCUT2D eigenvalue weighted by Gasteiger charge is -2.20. The number of rotatable bonds is 6. The number of aromatic nitrogens is 1. The summed E-state index contributed by atoms with van der Waals surface area (Å²) < 4.78 is 5.78. The Kier molecular flexibility index (Phi) is 4.75. The van der Waals surface area contributed by atoms with Crippen LogP contribution in [0.25, 0.3) is 0 Å². The molecule has 2 aromatic rings. The summed E-state index contributed by atoms with van der Waals surface area (Å²) in [4.78, 5) is 4.13. The number of benzene rings is 1. The molecule has 19 heavy (non-hydrogen) atoms. The van der Waals surface area contributed by atoms with Crippen LogP contribution in [0.4, 0.5) is 5.69 Å². The summed E-state index contributed by atoms with van der Waals surface area (Å²) in [5.74, 6) is 0.855. The summed E-state index contributed by atoms with van der Waals surface area (Å²) in [7, 11) is 0. The summed E-state index contributed by atoms with van der Waals surface area (Å²) in [6, 6.07) is 11.6. The standard InChI is InChI=1S/C15H19N3O/c1-2-18-15(13-10-17-9-8-14(13)16)11-19-12-6-4-3-5-7-12/h3-10,15,18H,2,11H2,1H3,(H2,16,17). The van der Waals surface area contributed by atoms with E-state index in [1.165, 1.54) is 0 Å². The zero-order valence-corrected chi connectivity index (χ0v) is 11.0. The topological polar surface area (TPSA) is 60.2 Å². The normalized spacial score (nSPS) is 12.1. The molecule has 0 spiro atoms. The molecule has 1 unspecified atom stereocenters. The molecule has 0 aliphatic carbocycles. The van der Waals surface area contributed by atoms with Gasteiger partial charge >= 0.3 is 0 Å². The Labute approximate surface area is 113 Å². The lowest BCUT2D eigenvalue weighted by atomic mass is 10.1. The van der Waals surface area contributed by atoms with Crippen LogP contribution in [-0.2, 0) is 0 Å². The van der Waals surface area contributed by atoms with E-state index in [0.717, 1.165) is 23.5 Å². The molecule has 2 rings (SSSR count). The zero-order chi connectivity index (χ0) is 13.5. The SMILES string of the molecule is CCNC(COc1ccccc1)c1cnccc1N. The van der Waals surface area contributed by atoms with Crippen LogP contribution in [0.5, 0.6) is 5.75 Å². The Bertz CT molecular complexity index is 502. The third-order valence-electron chi connectivity index (χ3n) is 2.87. The molecule has 0 radical (unpaired) electrons. The molecule has 3 N–H and O–H groups in total. The third-order valence-corrected chi connectivity index (χ3v) is 2.87. The fraction of sp³-hybridized carbons (Fsp3) is 0.267. The number of nitrogens with two attached hydrogens (primary N) is 1. The molecular formula is C15H19N3O. The van der Waals surface area contributed by atoms with Crippen LogP contribution >= 0.6 is 0 Å². The Morgan fingerprint density at radius 2 is 2.05 bits per heavy atom. The van der Waals surface area contributed by atoms with Crippen molar-refractivity contribution in [3.8, 4) is 5.75 Å². The second-order valence-corrected chi connectivity index (χ2v) is 4.24. The molecule has 0 aliphatic heterocycles. The fourth-order valence-electron chi connectivity index (χ4n) is 1.91. The fourth-order valence-corrected chi connectivity index (χ4v) is 1.91. The smallest absolute Gasteiger partial charge is 0.119 e. The van der Waals surface area contributed by atoms with Gasteiger partial charge in [-0.1, -0.05) is 25.1 Å². The van der Waals surface area contributed by atoms with Gasteiger partial charge in [-0.2, -0.15) is 0 Å². The first-order valence-electron chi connectivity index (χ1n) is 6.42. The minimum Gasteiger partial charge on any atom is -0.492 e. The van der Waals surface area contributed by atoms with Gasteiger partial charge < -0.3 is 15.8 Å². The predicted octanol–water partition coefficient (Wildman–Crippen LogP) is 2.39. The second kappa shape index (κ2) is 6.75. The zero-order valence-electron chi connectivity index (χ0n) is 11.0. The Morgan fingerprint density at radius 3 is 2.74 bits per heavy atom.